The number of halogens is 1. The van der Waals surface area contributed by atoms with Crippen LogP contribution in [0.3, 0.4) is 0 Å². The lowest BCUT2D eigenvalue weighted by atomic mass is 10.2. The fourth-order valence-corrected chi connectivity index (χ4v) is 2.74. The highest BCUT2D eigenvalue weighted by Gasteiger charge is 2.29. The SMILES string of the molecule is C=C1N(C)c2ccccc2N1C1=CNC(=NCC(C)(C)F)CC=C1. The highest BCUT2D eigenvalue weighted by atomic mass is 19.1. The second kappa shape index (κ2) is 6.15. The fourth-order valence-electron chi connectivity index (χ4n) is 2.74. The van der Waals surface area contributed by atoms with Gasteiger partial charge in [0.1, 0.15) is 17.3 Å². The number of alkyl halides is 1. The van der Waals surface area contributed by atoms with Gasteiger partial charge >= 0.3 is 0 Å². The molecule has 1 aromatic carbocycles. The van der Waals surface area contributed by atoms with Crippen molar-refractivity contribution in [2.75, 3.05) is 23.4 Å². The minimum atomic E-state index is -1.30. The number of fused-ring (bicyclic) bond motifs is 1. The number of nitrogens with one attached hydrogen (secondary N) is 1. The molecule has 0 saturated heterocycles. The van der Waals surface area contributed by atoms with Crippen molar-refractivity contribution in [1.29, 1.82) is 0 Å². The number of allylic oxidation sites excluding steroid dienone is 1. The number of aliphatic imine (C=N–C) groups is 1. The van der Waals surface area contributed by atoms with Gasteiger partial charge in [-0.05, 0) is 32.1 Å². The Labute approximate surface area is 142 Å². The summed E-state index contributed by atoms with van der Waals surface area (Å²) in [5.41, 5.74) is 1.88. The maximum Gasteiger partial charge on any atom is 0.124 e. The first-order valence-electron chi connectivity index (χ1n) is 8.04. The smallest absolute Gasteiger partial charge is 0.124 e. The van der Waals surface area contributed by atoms with Crippen molar-refractivity contribution in [1.82, 2.24) is 5.32 Å². The van der Waals surface area contributed by atoms with E-state index in [-0.39, 0.29) is 6.54 Å². The van der Waals surface area contributed by atoms with E-state index in [0.717, 1.165) is 28.7 Å². The summed E-state index contributed by atoms with van der Waals surface area (Å²) in [7, 11) is 2.01. The Balaban J connectivity index is 1.86. The molecule has 0 amide bonds. The molecular weight excluding hydrogens is 303 g/mol. The van der Waals surface area contributed by atoms with E-state index >= 15 is 0 Å². The molecule has 0 aromatic heterocycles. The summed E-state index contributed by atoms with van der Waals surface area (Å²) in [5.74, 6) is 1.65. The molecule has 0 bridgehead atoms. The van der Waals surface area contributed by atoms with E-state index in [1.807, 2.05) is 37.5 Å². The molecule has 2 aliphatic heterocycles. The van der Waals surface area contributed by atoms with Gasteiger partial charge in [-0.1, -0.05) is 24.8 Å². The lowest BCUT2D eigenvalue weighted by molar-refractivity contribution is 0.228. The molecule has 3 rings (SSSR count). The van der Waals surface area contributed by atoms with Gasteiger partial charge in [0.25, 0.3) is 0 Å². The molecule has 126 valence electrons. The molecular formula is C19H23FN4. The van der Waals surface area contributed by atoms with Gasteiger partial charge in [-0.2, -0.15) is 0 Å². The standard InChI is InChI=1S/C19H23FN4/c1-14-23(4)16-9-5-6-10-17(16)24(14)15-8-7-11-18(21-12-15)22-13-19(2,3)20/h5-10,12H,1,11,13H2,2-4H3,(H,21,22). The van der Waals surface area contributed by atoms with E-state index in [0.29, 0.717) is 6.42 Å². The number of hydrogen-bond donors (Lipinski definition) is 1. The number of hydrogen-bond acceptors (Lipinski definition) is 3. The minimum absolute atomic E-state index is 0.147. The van der Waals surface area contributed by atoms with Crippen molar-refractivity contribution in [3.63, 3.8) is 0 Å². The number of rotatable bonds is 3. The van der Waals surface area contributed by atoms with Crippen molar-refractivity contribution in [2.45, 2.75) is 25.9 Å². The zero-order valence-electron chi connectivity index (χ0n) is 14.4. The first kappa shape index (κ1) is 16.3. The Bertz CT molecular complexity index is 740. The van der Waals surface area contributed by atoms with Gasteiger partial charge in [-0.3, -0.25) is 9.89 Å². The zero-order chi connectivity index (χ0) is 17.3. The molecule has 0 atom stereocenters. The van der Waals surface area contributed by atoms with Gasteiger partial charge < -0.3 is 10.2 Å². The Morgan fingerprint density at radius 1 is 1.29 bits per heavy atom. The second-order valence-electron chi connectivity index (χ2n) is 6.60. The number of nitrogens with zero attached hydrogens (tertiary/aromatic N) is 3. The molecule has 2 aliphatic rings. The number of para-hydroxylation sites is 2. The quantitative estimate of drug-likeness (QED) is 0.912. The summed E-state index contributed by atoms with van der Waals surface area (Å²) >= 11 is 0. The van der Waals surface area contributed by atoms with E-state index in [2.05, 4.69) is 38.8 Å². The first-order valence-corrected chi connectivity index (χ1v) is 8.04. The molecule has 1 aromatic rings. The maximum atomic E-state index is 13.6. The van der Waals surface area contributed by atoms with Gasteiger partial charge in [-0.25, -0.2) is 4.39 Å². The van der Waals surface area contributed by atoms with Gasteiger partial charge in [0.15, 0.2) is 0 Å². The molecule has 0 unspecified atom stereocenters. The monoisotopic (exact) mass is 326 g/mol. The summed E-state index contributed by atoms with van der Waals surface area (Å²) in [6.45, 7) is 7.41. The molecule has 4 nitrogen and oxygen atoms in total. The van der Waals surface area contributed by atoms with Crippen molar-refractivity contribution in [2.24, 2.45) is 4.99 Å². The first-order chi connectivity index (χ1) is 11.4. The number of amidine groups is 1. The largest absolute Gasteiger partial charge is 0.348 e. The third kappa shape index (κ3) is 3.20. The molecule has 0 aliphatic carbocycles. The minimum Gasteiger partial charge on any atom is -0.348 e. The fraction of sp³-hybridized carbons (Fsp3) is 0.316. The Morgan fingerprint density at radius 3 is 2.71 bits per heavy atom. The van der Waals surface area contributed by atoms with Gasteiger partial charge in [-0.15, -0.1) is 0 Å². The molecule has 0 fully saturated rings. The Morgan fingerprint density at radius 2 is 2.00 bits per heavy atom. The van der Waals surface area contributed by atoms with Crippen molar-refractivity contribution in [3.05, 3.63) is 60.7 Å². The van der Waals surface area contributed by atoms with Crippen LogP contribution in [-0.2, 0) is 0 Å². The molecule has 2 heterocycles. The van der Waals surface area contributed by atoms with Gasteiger partial charge in [0, 0.05) is 19.7 Å². The lowest BCUT2D eigenvalue weighted by Crippen LogP contribution is -2.26. The van der Waals surface area contributed by atoms with Crippen LogP contribution in [0.1, 0.15) is 20.3 Å². The summed E-state index contributed by atoms with van der Waals surface area (Å²) in [5, 5.41) is 3.20. The van der Waals surface area contributed by atoms with Gasteiger partial charge in [0.2, 0.25) is 0 Å². The topological polar surface area (TPSA) is 30.9 Å². The summed E-state index contributed by atoms with van der Waals surface area (Å²) < 4.78 is 13.6. The molecule has 5 heteroatoms. The van der Waals surface area contributed by atoms with Crippen molar-refractivity contribution in [3.8, 4) is 0 Å². The van der Waals surface area contributed by atoms with E-state index in [1.54, 1.807) is 0 Å². The predicted octanol–water partition coefficient (Wildman–Crippen LogP) is 3.95. The van der Waals surface area contributed by atoms with Gasteiger partial charge in [0.05, 0.1) is 23.6 Å². The van der Waals surface area contributed by atoms with Crippen LogP contribution in [0.2, 0.25) is 0 Å². The summed E-state index contributed by atoms with van der Waals surface area (Å²) in [6, 6.07) is 8.18. The average Bonchev–Trinajstić information content (AvgIpc) is 2.70. The van der Waals surface area contributed by atoms with Crippen LogP contribution in [0.4, 0.5) is 15.8 Å². The molecule has 0 spiro atoms. The number of benzene rings is 1. The third-order valence-corrected chi connectivity index (χ3v) is 4.02. The lowest BCUT2D eigenvalue weighted by Gasteiger charge is -2.22. The van der Waals surface area contributed by atoms with Crippen LogP contribution >= 0.6 is 0 Å². The normalized spacial score (nSPS) is 19.2. The zero-order valence-corrected chi connectivity index (χ0v) is 14.4. The second-order valence-corrected chi connectivity index (χ2v) is 6.60. The highest BCUT2D eigenvalue weighted by molar-refractivity contribution is 5.88. The van der Waals surface area contributed by atoms with Crippen LogP contribution in [0, 0.1) is 0 Å². The molecule has 24 heavy (non-hydrogen) atoms. The molecule has 0 saturated carbocycles. The van der Waals surface area contributed by atoms with Crippen LogP contribution in [0.25, 0.3) is 0 Å². The van der Waals surface area contributed by atoms with Crippen LogP contribution < -0.4 is 15.1 Å². The maximum absolute atomic E-state index is 13.6. The van der Waals surface area contributed by atoms with E-state index < -0.39 is 5.67 Å². The summed E-state index contributed by atoms with van der Waals surface area (Å²) in [6.07, 6.45) is 6.61. The predicted molar refractivity (Wildman–Crippen MR) is 98.9 cm³/mol. The number of anilines is 2. The van der Waals surface area contributed by atoms with Crippen molar-refractivity contribution >= 4 is 17.2 Å². The van der Waals surface area contributed by atoms with Crippen LogP contribution in [0.5, 0.6) is 0 Å². The van der Waals surface area contributed by atoms with E-state index in [1.165, 1.54) is 13.8 Å². The highest BCUT2D eigenvalue weighted by Crippen LogP contribution is 2.42. The Kier molecular flexibility index (Phi) is 4.18. The summed E-state index contributed by atoms with van der Waals surface area (Å²) in [4.78, 5) is 8.50. The van der Waals surface area contributed by atoms with Crippen LogP contribution in [0.15, 0.2) is 65.7 Å². The van der Waals surface area contributed by atoms with Crippen molar-refractivity contribution < 1.29 is 4.39 Å². The van der Waals surface area contributed by atoms with E-state index in [4.69, 9.17) is 0 Å². The molecule has 1 N–H and O–H groups in total. The average molecular weight is 326 g/mol. The van der Waals surface area contributed by atoms with E-state index in [9.17, 15) is 4.39 Å². The Hall–Kier alpha value is -2.56. The third-order valence-electron chi connectivity index (χ3n) is 4.02. The van der Waals surface area contributed by atoms with Crippen LogP contribution in [-0.4, -0.2) is 25.1 Å². The molecule has 0 radical (unpaired) electrons.